The predicted molar refractivity (Wildman–Crippen MR) is 85.9 cm³/mol. The molecule has 0 radical (unpaired) electrons. The molecule has 0 spiro atoms. The first-order valence-corrected chi connectivity index (χ1v) is 6.95. The Labute approximate surface area is 133 Å². The van der Waals surface area contributed by atoms with Crippen molar-refractivity contribution in [2.75, 3.05) is 12.4 Å². The lowest BCUT2D eigenvalue weighted by Crippen LogP contribution is -2.12. The SMILES string of the molecule is COC(=O)Nc1ccccc1CO/N=C(\C)c1ccc(F)cc1. The summed E-state index contributed by atoms with van der Waals surface area (Å²) in [6.45, 7) is 1.95. The largest absolute Gasteiger partial charge is 0.453 e. The van der Waals surface area contributed by atoms with Gasteiger partial charge in [0.05, 0.1) is 18.5 Å². The summed E-state index contributed by atoms with van der Waals surface area (Å²) in [5.74, 6) is -0.301. The molecule has 2 aromatic carbocycles. The van der Waals surface area contributed by atoms with Gasteiger partial charge in [-0.25, -0.2) is 9.18 Å². The van der Waals surface area contributed by atoms with Gasteiger partial charge in [0, 0.05) is 5.56 Å². The van der Waals surface area contributed by atoms with Gasteiger partial charge in [-0.2, -0.15) is 0 Å². The van der Waals surface area contributed by atoms with Crippen LogP contribution in [0.5, 0.6) is 0 Å². The average Bonchev–Trinajstić information content (AvgIpc) is 2.56. The third kappa shape index (κ3) is 4.81. The molecule has 0 fully saturated rings. The first-order chi connectivity index (χ1) is 11.1. The van der Waals surface area contributed by atoms with Gasteiger partial charge in [-0.1, -0.05) is 35.5 Å². The van der Waals surface area contributed by atoms with E-state index in [1.165, 1.54) is 19.2 Å². The minimum atomic E-state index is -0.552. The van der Waals surface area contributed by atoms with E-state index in [-0.39, 0.29) is 12.4 Å². The van der Waals surface area contributed by atoms with Gasteiger partial charge in [0.15, 0.2) is 0 Å². The number of para-hydroxylation sites is 1. The molecule has 2 rings (SSSR count). The zero-order chi connectivity index (χ0) is 16.7. The Morgan fingerprint density at radius 2 is 1.87 bits per heavy atom. The van der Waals surface area contributed by atoms with E-state index in [1.54, 1.807) is 31.2 Å². The van der Waals surface area contributed by atoms with Crippen LogP contribution in [0.25, 0.3) is 0 Å². The number of carbonyl (C=O) groups excluding carboxylic acids is 1. The minimum Gasteiger partial charge on any atom is -0.453 e. The molecule has 0 atom stereocenters. The van der Waals surface area contributed by atoms with Crippen molar-refractivity contribution in [3.63, 3.8) is 0 Å². The number of methoxy groups -OCH3 is 1. The van der Waals surface area contributed by atoms with Gasteiger partial charge < -0.3 is 9.57 Å². The van der Waals surface area contributed by atoms with Crippen LogP contribution >= 0.6 is 0 Å². The number of halogens is 1. The molecule has 6 heteroatoms. The quantitative estimate of drug-likeness (QED) is 0.671. The van der Waals surface area contributed by atoms with Gasteiger partial charge >= 0.3 is 6.09 Å². The fourth-order valence-corrected chi connectivity index (χ4v) is 1.87. The first kappa shape index (κ1) is 16.5. The normalized spacial score (nSPS) is 11.0. The third-order valence-corrected chi connectivity index (χ3v) is 3.12. The second kappa shape index (κ2) is 7.93. The van der Waals surface area contributed by atoms with Gasteiger partial charge in [0.25, 0.3) is 0 Å². The third-order valence-electron chi connectivity index (χ3n) is 3.12. The van der Waals surface area contributed by atoms with Gasteiger partial charge in [0.1, 0.15) is 12.4 Å². The maximum absolute atomic E-state index is 12.9. The molecular weight excluding hydrogens is 299 g/mol. The number of hydrogen-bond acceptors (Lipinski definition) is 4. The van der Waals surface area contributed by atoms with E-state index in [1.807, 2.05) is 12.1 Å². The molecule has 23 heavy (non-hydrogen) atoms. The maximum Gasteiger partial charge on any atom is 0.411 e. The molecule has 1 amide bonds. The summed E-state index contributed by atoms with van der Waals surface area (Å²) in [4.78, 5) is 16.6. The number of nitrogens with zero attached hydrogens (tertiary/aromatic N) is 1. The standard InChI is InChI=1S/C17H17FN2O3/c1-12(13-7-9-15(18)10-8-13)20-23-11-14-5-3-4-6-16(14)19-17(21)22-2/h3-10H,11H2,1-2H3,(H,19,21)/b20-12+. The Kier molecular flexibility index (Phi) is 5.68. The van der Waals surface area contributed by atoms with Crippen molar-refractivity contribution >= 4 is 17.5 Å². The van der Waals surface area contributed by atoms with Crippen molar-refractivity contribution in [2.45, 2.75) is 13.5 Å². The van der Waals surface area contributed by atoms with Crippen LogP contribution in [0, 0.1) is 5.82 Å². The molecule has 0 saturated heterocycles. The van der Waals surface area contributed by atoms with E-state index in [4.69, 9.17) is 4.84 Å². The number of carbonyl (C=O) groups is 1. The van der Waals surface area contributed by atoms with Gasteiger partial charge in [-0.05, 0) is 30.7 Å². The second-order valence-corrected chi connectivity index (χ2v) is 4.73. The summed E-state index contributed by atoms with van der Waals surface area (Å²) >= 11 is 0. The molecular formula is C17H17FN2O3. The minimum absolute atomic E-state index is 0.179. The van der Waals surface area contributed by atoms with Crippen LogP contribution in [-0.2, 0) is 16.2 Å². The Bertz CT molecular complexity index is 699. The summed E-state index contributed by atoms with van der Waals surface area (Å²) in [6, 6.07) is 13.2. The summed E-state index contributed by atoms with van der Waals surface area (Å²) in [7, 11) is 1.30. The number of oxime groups is 1. The lowest BCUT2D eigenvalue weighted by atomic mass is 10.1. The summed E-state index contributed by atoms with van der Waals surface area (Å²) in [5.41, 5.74) is 2.75. The lowest BCUT2D eigenvalue weighted by Gasteiger charge is -2.09. The molecule has 0 aromatic heterocycles. The van der Waals surface area contributed by atoms with Crippen molar-refractivity contribution in [2.24, 2.45) is 5.16 Å². The highest BCUT2D eigenvalue weighted by atomic mass is 19.1. The molecule has 0 heterocycles. The van der Waals surface area contributed by atoms with Gasteiger partial charge in [-0.3, -0.25) is 5.32 Å². The molecule has 0 bridgehead atoms. The van der Waals surface area contributed by atoms with Gasteiger partial charge in [0.2, 0.25) is 0 Å². The number of rotatable bonds is 5. The number of amides is 1. The fraction of sp³-hybridized carbons (Fsp3) is 0.176. The van der Waals surface area contributed by atoms with Crippen LogP contribution in [0.4, 0.5) is 14.9 Å². The Morgan fingerprint density at radius 1 is 1.17 bits per heavy atom. The zero-order valence-electron chi connectivity index (χ0n) is 12.9. The van der Waals surface area contributed by atoms with E-state index in [2.05, 4.69) is 15.2 Å². The van der Waals surface area contributed by atoms with Crippen LogP contribution in [-0.4, -0.2) is 18.9 Å². The average molecular weight is 316 g/mol. The smallest absolute Gasteiger partial charge is 0.411 e. The summed E-state index contributed by atoms with van der Waals surface area (Å²) in [6.07, 6.45) is -0.552. The van der Waals surface area contributed by atoms with Crippen molar-refractivity contribution < 1.29 is 18.8 Å². The molecule has 0 aliphatic rings. The van der Waals surface area contributed by atoms with Gasteiger partial charge in [-0.15, -0.1) is 0 Å². The molecule has 5 nitrogen and oxygen atoms in total. The molecule has 0 unspecified atom stereocenters. The molecule has 2 aromatic rings. The molecule has 120 valence electrons. The highest BCUT2D eigenvalue weighted by Crippen LogP contribution is 2.16. The molecule has 0 aliphatic heterocycles. The Balaban J connectivity index is 2.02. The van der Waals surface area contributed by atoms with Crippen LogP contribution in [0.3, 0.4) is 0 Å². The number of hydrogen-bond donors (Lipinski definition) is 1. The Hall–Kier alpha value is -2.89. The van der Waals surface area contributed by atoms with E-state index in [0.29, 0.717) is 11.4 Å². The van der Waals surface area contributed by atoms with Crippen LogP contribution < -0.4 is 5.32 Å². The summed E-state index contributed by atoms with van der Waals surface area (Å²) < 4.78 is 17.5. The number of ether oxygens (including phenoxy) is 1. The van der Waals surface area contributed by atoms with E-state index < -0.39 is 6.09 Å². The first-order valence-electron chi connectivity index (χ1n) is 6.95. The maximum atomic E-state index is 12.9. The highest BCUT2D eigenvalue weighted by Gasteiger charge is 2.06. The summed E-state index contributed by atoms with van der Waals surface area (Å²) in [5, 5.41) is 6.61. The van der Waals surface area contributed by atoms with Crippen LogP contribution in [0.1, 0.15) is 18.1 Å². The topological polar surface area (TPSA) is 59.9 Å². The molecule has 0 saturated carbocycles. The predicted octanol–water partition coefficient (Wildman–Crippen LogP) is 3.94. The number of anilines is 1. The lowest BCUT2D eigenvalue weighted by molar-refractivity contribution is 0.131. The van der Waals surface area contributed by atoms with E-state index in [0.717, 1.165) is 11.1 Å². The van der Waals surface area contributed by atoms with E-state index >= 15 is 0 Å². The molecule has 1 N–H and O–H groups in total. The van der Waals surface area contributed by atoms with Crippen molar-refractivity contribution in [1.29, 1.82) is 0 Å². The molecule has 0 aliphatic carbocycles. The number of benzene rings is 2. The van der Waals surface area contributed by atoms with Crippen LogP contribution in [0.2, 0.25) is 0 Å². The monoisotopic (exact) mass is 316 g/mol. The second-order valence-electron chi connectivity index (χ2n) is 4.73. The Morgan fingerprint density at radius 3 is 2.57 bits per heavy atom. The van der Waals surface area contributed by atoms with Crippen molar-refractivity contribution in [3.05, 3.63) is 65.5 Å². The highest BCUT2D eigenvalue weighted by molar-refractivity contribution is 5.98. The van der Waals surface area contributed by atoms with Crippen molar-refractivity contribution in [1.82, 2.24) is 0 Å². The van der Waals surface area contributed by atoms with E-state index in [9.17, 15) is 9.18 Å². The zero-order valence-corrected chi connectivity index (χ0v) is 12.9. The fourth-order valence-electron chi connectivity index (χ4n) is 1.87. The van der Waals surface area contributed by atoms with Crippen molar-refractivity contribution in [3.8, 4) is 0 Å². The number of nitrogens with one attached hydrogen (secondary N) is 1. The van der Waals surface area contributed by atoms with Crippen LogP contribution in [0.15, 0.2) is 53.7 Å².